The van der Waals surface area contributed by atoms with Crippen molar-refractivity contribution < 1.29 is 9.72 Å². The lowest BCUT2D eigenvalue weighted by Crippen LogP contribution is -2.32. The number of hydrogen-bond acceptors (Lipinski definition) is 4. The number of non-ortho nitro benzene ring substituents is 1. The standard InChI is InChI=1S/C12H16ClN3O3/c1-8(2)6-15-12(17)7-14-11-4-3-9(16(18)19)5-10(11)13/h3-5,8,14H,6-7H2,1-2H3,(H,15,17). The molecule has 0 aliphatic rings. The number of nitrogens with one attached hydrogen (secondary N) is 2. The number of carbonyl (C=O) groups excluding carboxylic acids is 1. The Bertz CT molecular complexity index is 477. The topological polar surface area (TPSA) is 84.3 Å². The monoisotopic (exact) mass is 285 g/mol. The first-order valence-electron chi connectivity index (χ1n) is 5.84. The minimum absolute atomic E-state index is 0.0737. The first-order chi connectivity index (χ1) is 8.90. The van der Waals surface area contributed by atoms with Crippen molar-refractivity contribution in [1.82, 2.24) is 5.32 Å². The molecule has 1 aromatic rings. The normalized spacial score (nSPS) is 10.3. The smallest absolute Gasteiger partial charge is 0.271 e. The molecule has 0 heterocycles. The zero-order valence-corrected chi connectivity index (χ0v) is 11.5. The molecule has 0 radical (unpaired) electrons. The first-order valence-corrected chi connectivity index (χ1v) is 6.22. The zero-order chi connectivity index (χ0) is 14.4. The van der Waals surface area contributed by atoms with Crippen molar-refractivity contribution in [2.75, 3.05) is 18.4 Å². The molecule has 0 saturated heterocycles. The molecule has 0 spiro atoms. The van der Waals surface area contributed by atoms with Crippen LogP contribution in [0.5, 0.6) is 0 Å². The number of nitro groups is 1. The van der Waals surface area contributed by atoms with Crippen molar-refractivity contribution >= 4 is 28.9 Å². The van der Waals surface area contributed by atoms with E-state index in [4.69, 9.17) is 11.6 Å². The number of carbonyl (C=O) groups is 1. The highest BCUT2D eigenvalue weighted by Gasteiger charge is 2.10. The summed E-state index contributed by atoms with van der Waals surface area (Å²) in [6.07, 6.45) is 0. The molecule has 0 saturated carbocycles. The minimum atomic E-state index is -0.523. The number of hydrogen-bond donors (Lipinski definition) is 2. The summed E-state index contributed by atoms with van der Waals surface area (Å²) in [7, 11) is 0. The molecule has 2 N–H and O–H groups in total. The van der Waals surface area contributed by atoms with E-state index in [9.17, 15) is 14.9 Å². The van der Waals surface area contributed by atoms with Gasteiger partial charge in [0.25, 0.3) is 5.69 Å². The predicted octanol–water partition coefficient (Wildman–Crippen LogP) is 2.43. The molecule has 1 amide bonds. The lowest BCUT2D eigenvalue weighted by Gasteiger charge is -2.10. The van der Waals surface area contributed by atoms with Crippen LogP contribution in [-0.2, 0) is 4.79 Å². The minimum Gasteiger partial charge on any atom is -0.375 e. The van der Waals surface area contributed by atoms with Crippen molar-refractivity contribution in [3.63, 3.8) is 0 Å². The highest BCUT2D eigenvalue weighted by Crippen LogP contribution is 2.26. The van der Waals surface area contributed by atoms with E-state index in [1.807, 2.05) is 13.8 Å². The van der Waals surface area contributed by atoms with Crippen LogP contribution in [0.4, 0.5) is 11.4 Å². The number of benzene rings is 1. The van der Waals surface area contributed by atoms with Crippen LogP contribution in [0.15, 0.2) is 18.2 Å². The van der Waals surface area contributed by atoms with Crippen LogP contribution in [0, 0.1) is 16.0 Å². The van der Waals surface area contributed by atoms with Gasteiger partial charge in [-0.1, -0.05) is 25.4 Å². The van der Waals surface area contributed by atoms with E-state index in [0.29, 0.717) is 18.2 Å². The Morgan fingerprint density at radius 1 is 1.47 bits per heavy atom. The van der Waals surface area contributed by atoms with Gasteiger partial charge in [0.05, 0.1) is 22.2 Å². The summed E-state index contributed by atoms with van der Waals surface area (Å²) in [4.78, 5) is 21.5. The van der Waals surface area contributed by atoms with Crippen molar-refractivity contribution in [2.45, 2.75) is 13.8 Å². The van der Waals surface area contributed by atoms with E-state index >= 15 is 0 Å². The van der Waals surface area contributed by atoms with E-state index in [2.05, 4.69) is 10.6 Å². The fraction of sp³-hybridized carbons (Fsp3) is 0.417. The van der Waals surface area contributed by atoms with E-state index in [1.165, 1.54) is 18.2 Å². The quantitative estimate of drug-likeness (QED) is 0.621. The molecule has 0 aliphatic heterocycles. The maximum atomic E-state index is 11.5. The summed E-state index contributed by atoms with van der Waals surface area (Å²) in [5.41, 5.74) is 0.409. The summed E-state index contributed by atoms with van der Waals surface area (Å²) in [5.74, 6) is 0.232. The molecule has 0 aliphatic carbocycles. The Labute approximate surface area is 116 Å². The fourth-order valence-corrected chi connectivity index (χ4v) is 1.56. The summed E-state index contributed by atoms with van der Waals surface area (Å²) >= 11 is 5.89. The van der Waals surface area contributed by atoms with Crippen LogP contribution < -0.4 is 10.6 Å². The average Bonchev–Trinajstić information content (AvgIpc) is 2.34. The number of nitrogens with zero attached hydrogens (tertiary/aromatic N) is 1. The molecule has 0 atom stereocenters. The van der Waals surface area contributed by atoms with Gasteiger partial charge in [0.1, 0.15) is 0 Å². The maximum Gasteiger partial charge on any atom is 0.271 e. The molecule has 1 aromatic carbocycles. The third kappa shape index (κ3) is 5.13. The SMILES string of the molecule is CC(C)CNC(=O)CNc1ccc([N+](=O)[O-])cc1Cl. The van der Waals surface area contributed by atoms with Gasteiger partial charge in [-0.3, -0.25) is 14.9 Å². The lowest BCUT2D eigenvalue weighted by molar-refractivity contribution is -0.384. The van der Waals surface area contributed by atoms with Crippen LogP contribution >= 0.6 is 11.6 Å². The molecule has 19 heavy (non-hydrogen) atoms. The largest absolute Gasteiger partial charge is 0.375 e. The number of halogens is 1. The van der Waals surface area contributed by atoms with Crippen LogP contribution in [0.2, 0.25) is 5.02 Å². The number of nitro benzene ring substituents is 1. The number of rotatable bonds is 6. The number of amides is 1. The summed E-state index contributed by atoms with van der Waals surface area (Å²) in [6.45, 7) is 4.68. The molecular weight excluding hydrogens is 270 g/mol. The van der Waals surface area contributed by atoms with Gasteiger partial charge < -0.3 is 10.6 Å². The highest BCUT2D eigenvalue weighted by molar-refractivity contribution is 6.33. The second-order valence-corrected chi connectivity index (χ2v) is 4.88. The fourth-order valence-electron chi connectivity index (χ4n) is 1.32. The van der Waals surface area contributed by atoms with Gasteiger partial charge in [-0.05, 0) is 12.0 Å². The number of anilines is 1. The molecule has 1 rings (SSSR count). The predicted molar refractivity (Wildman–Crippen MR) is 74.4 cm³/mol. The van der Waals surface area contributed by atoms with Crippen LogP contribution in [0.25, 0.3) is 0 Å². The molecule has 0 aromatic heterocycles. The molecule has 0 bridgehead atoms. The zero-order valence-electron chi connectivity index (χ0n) is 10.8. The van der Waals surface area contributed by atoms with Gasteiger partial charge >= 0.3 is 0 Å². The highest BCUT2D eigenvalue weighted by atomic mass is 35.5. The Morgan fingerprint density at radius 2 is 2.16 bits per heavy atom. The second kappa shape index (κ2) is 6.94. The van der Waals surface area contributed by atoms with Crippen molar-refractivity contribution in [1.29, 1.82) is 0 Å². The average molecular weight is 286 g/mol. The van der Waals surface area contributed by atoms with E-state index < -0.39 is 4.92 Å². The van der Waals surface area contributed by atoms with E-state index in [1.54, 1.807) is 0 Å². The van der Waals surface area contributed by atoms with Gasteiger partial charge in [0.2, 0.25) is 5.91 Å². The lowest BCUT2D eigenvalue weighted by atomic mass is 10.2. The van der Waals surface area contributed by atoms with Crippen molar-refractivity contribution in [3.05, 3.63) is 33.3 Å². The maximum absolute atomic E-state index is 11.5. The Kier molecular flexibility index (Phi) is 5.57. The first kappa shape index (κ1) is 15.2. The van der Waals surface area contributed by atoms with Crippen LogP contribution in [0.1, 0.15) is 13.8 Å². The summed E-state index contributed by atoms with van der Waals surface area (Å²) in [5, 5.41) is 16.3. The Morgan fingerprint density at radius 3 is 2.68 bits per heavy atom. The Hall–Kier alpha value is -1.82. The van der Waals surface area contributed by atoms with Crippen LogP contribution in [-0.4, -0.2) is 23.9 Å². The van der Waals surface area contributed by atoms with Gasteiger partial charge in [-0.2, -0.15) is 0 Å². The summed E-state index contributed by atoms with van der Waals surface area (Å²) in [6, 6.07) is 4.06. The van der Waals surface area contributed by atoms with Crippen molar-refractivity contribution in [3.8, 4) is 0 Å². The molecule has 0 unspecified atom stereocenters. The second-order valence-electron chi connectivity index (χ2n) is 4.47. The molecule has 0 fully saturated rings. The third-order valence-electron chi connectivity index (χ3n) is 2.31. The molecule has 104 valence electrons. The Balaban J connectivity index is 2.54. The molecule has 7 heteroatoms. The summed E-state index contributed by atoms with van der Waals surface area (Å²) < 4.78 is 0. The van der Waals surface area contributed by atoms with Gasteiger partial charge in [0, 0.05) is 18.7 Å². The molecule has 6 nitrogen and oxygen atoms in total. The third-order valence-corrected chi connectivity index (χ3v) is 2.62. The van der Waals surface area contributed by atoms with Gasteiger partial charge in [-0.15, -0.1) is 0 Å². The van der Waals surface area contributed by atoms with Gasteiger partial charge in [-0.25, -0.2) is 0 Å². The van der Waals surface area contributed by atoms with Crippen LogP contribution in [0.3, 0.4) is 0 Å². The van der Waals surface area contributed by atoms with Crippen molar-refractivity contribution in [2.24, 2.45) is 5.92 Å². The molecular formula is C12H16ClN3O3. The van der Waals surface area contributed by atoms with E-state index in [0.717, 1.165) is 0 Å². The van der Waals surface area contributed by atoms with Gasteiger partial charge in [0.15, 0.2) is 0 Å². The van der Waals surface area contributed by atoms with E-state index in [-0.39, 0.29) is 23.2 Å².